The summed E-state index contributed by atoms with van der Waals surface area (Å²) in [6.45, 7) is 1.93. The van der Waals surface area contributed by atoms with Gasteiger partial charge < -0.3 is 4.74 Å². The molecule has 1 aromatic rings. The second-order valence-corrected chi connectivity index (χ2v) is 3.86. The van der Waals surface area contributed by atoms with E-state index < -0.39 is 5.97 Å². The maximum Gasteiger partial charge on any atom is 0.339 e. The number of carbonyl (C=O) groups excluding carboxylic acids is 1. The molecule has 0 saturated carbocycles. The van der Waals surface area contributed by atoms with E-state index in [-0.39, 0.29) is 0 Å². The molecule has 3 nitrogen and oxygen atoms in total. The van der Waals surface area contributed by atoms with Gasteiger partial charge in [-0.15, -0.1) is 0 Å². The fourth-order valence-electron chi connectivity index (χ4n) is 1.37. The van der Waals surface area contributed by atoms with Crippen LogP contribution in [0, 0.1) is 11.3 Å². The number of hydrogen-bond acceptors (Lipinski definition) is 3. The number of esters is 1. The summed E-state index contributed by atoms with van der Waals surface area (Å²) in [7, 11) is 1.31. The average molecular weight is 268 g/mol. The summed E-state index contributed by atoms with van der Waals surface area (Å²) in [5.41, 5.74) is 1.52. The van der Waals surface area contributed by atoms with Gasteiger partial charge in [0.15, 0.2) is 0 Å². The Hall–Kier alpha value is -1.34. The van der Waals surface area contributed by atoms with Crippen LogP contribution in [0.2, 0.25) is 0 Å². The molecule has 0 saturated heterocycles. The van der Waals surface area contributed by atoms with E-state index in [1.165, 1.54) is 7.11 Å². The molecule has 0 atom stereocenters. The molecule has 0 aliphatic heterocycles. The Morgan fingerprint density at radius 2 is 2.27 bits per heavy atom. The van der Waals surface area contributed by atoms with Crippen LogP contribution in [0.25, 0.3) is 0 Å². The van der Waals surface area contributed by atoms with Crippen LogP contribution in [-0.2, 0) is 11.2 Å². The molecule has 0 aliphatic carbocycles. The standard InChI is InChI=1S/C11H10BrNO2/c1-3-7-4-9(12)5-8(6-13)10(7)11(14)15-2/h4-5H,3H2,1-2H3. The molecule has 0 bridgehead atoms. The lowest BCUT2D eigenvalue weighted by Gasteiger charge is -2.08. The highest BCUT2D eigenvalue weighted by Crippen LogP contribution is 2.22. The number of rotatable bonds is 2. The minimum atomic E-state index is -0.462. The van der Waals surface area contributed by atoms with E-state index in [1.807, 2.05) is 19.1 Å². The third-order valence-corrected chi connectivity index (χ3v) is 2.53. The predicted molar refractivity (Wildman–Crippen MR) is 59.6 cm³/mol. The molecule has 0 amide bonds. The molecule has 0 radical (unpaired) electrons. The van der Waals surface area contributed by atoms with Crippen molar-refractivity contribution in [2.24, 2.45) is 0 Å². The Balaban J connectivity index is 3.45. The molecule has 0 unspecified atom stereocenters. The highest BCUT2D eigenvalue weighted by molar-refractivity contribution is 9.10. The quantitative estimate of drug-likeness (QED) is 0.775. The lowest BCUT2D eigenvalue weighted by atomic mass is 10.00. The van der Waals surface area contributed by atoms with E-state index in [2.05, 4.69) is 20.7 Å². The Labute approximate surface area is 96.8 Å². The van der Waals surface area contributed by atoms with E-state index in [0.717, 1.165) is 10.0 Å². The first-order chi connectivity index (χ1) is 7.13. The van der Waals surface area contributed by atoms with Crippen molar-refractivity contribution in [2.45, 2.75) is 13.3 Å². The number of methoxy groups -OCH3 is 1. The summed E-state index contributed by atoms with van der Waals surface area (Å²) in [5.74, 6) is -0.462. The van der Waals surface area contributed by atoms with Gasteiger partial charge >= 0.3 is 5.97 Å². The molecule has 15 heavy (non-hydrogen) atoms. The molecule has 1 rings (SSSR count). The zero-order valence-corrected chi connectivity index (χ0v) is 10.1. The second kappa shape index (κ2) is 4.94. The van der Waals surface area contributed by atoms with Crippen molar-refractivity contribution in [3.63, 3.8) is 0 Å². The van der Waals surface area contributed by atoms with Crippen LogP contribution in [0.1, 0.15) is 28.4 Å². The summed E-state index contributed by atoms with van der Waals surface area (Å²) in [4.78, 5) is 11.5. The summed E-state index contributed by atoms with van der Waals surface area (Å²) in [6.07, 6.45) is 0.679. The number of aryl methyl sites for hydroxylation is 1. The molecule has 0 N–H and O–H groups in total. The third-order valence-electron chi connectivity index (χ3n) is 2.08. The molecule has 0 aliphatic rings. The minimum absolute atomic E-state index is 0.341. The molecule has 0 spiro atoms. The van der Waals surface area contributed by atoms with Crippen molar-refractivity contribution < 1.29 is 9.53 Å². The average Bonchev–Trinajstić information content (AvgIpc) is 2.26. The van der Waals surface area contributed by atoms with Crippen molar-refractivity contribution in [3.05, 3.63) is 33.3 Å². The Bertz CT molecular complexity index is 435. The van der Waals surface area contributed by atoms with Crippen molar-refractivity contribution in [1.29, 1.82) is 5.26 Å². The van der Waals surface area contributed by atoms with Crippen LogP contribution < -0.4 is 0 Å². The number of hydrogen-bond donors (Lipinski definition) is 0. The number of nitriles is 1. The van der Waals surface area contributed by atoms with Gasteiger partial charge in [-0.05, 0) is 24.1 Å². The largest absolute Gasteiger partial charge is 0.465 e. The molecule has 1 aromatic carbocycles. The Kier molecular flexibility index (Phi) is 3.87. The Morgan fingerprint density at radius 3 is 2.73 bits per heavy atom. The van der Waals surface area contributed by atoms with Crippen LogP contribution in [-0.4, -0.2) is 13.1 Å². The van der Waals surface area contributed by atoms with Crippen molar-refractivity contribution in [3.8, 4) is 6.07 Å². The van der Waals surface area contributed by atoms with Gasteiger partial charge in [-0.1, -0.05) is 22.9 Å². The maximum atomic E-state index is 11.5. The number of halogens is 1. The monoisotopic (exact) mass is 267 g/mol. The van der Waals surface area contributed by atoms with E-state index in [9.17, 15) is 4.79 Å². The summed E-state index contributed by atoms with van der Waals surface area (Å²) >= 11 is 3.30. The second-order valence-electron chi connectivity index (χ2n) is 2.94. The smallest absolute Gasteiger partial charge is 0.339 e. The molecule has 4 heteroatoms. The van der Waals surface area contributed by atoms with Gasteiger partial charge in [-0.25, -0.2) is 4.79 Å². The zero-order chi connectivity index (χ0) is 11.4. The first-order valence-electron chi connectivity index (χ1n) is 4.44. The van der Waals surface area contributed by atoms with Crippen LogP contribution in [0.4, 0.5) is 0 Å². The van der Waals surface area contributed by atoms with Crippen molar-refractivity contribution in [1.82, 2.24) is 0 Å². The third kappa shape index (κ3) is 2.37. The van der Waals surface area contributed by atoms with Gasteiger partial charge in [0.1, 0.15) is 6.07 Å². The fourth-order valence-corrected chi connectivity index (χ4v) is 1.88. The topological polar surface area (TPSA) is 50.1 Å². The summed E-state index contributed by atoms with van der Waals surface area (Å²) in [5, 5.41) is 8.93. The van der Waals surface area contributed by atoms with Crippen LogP contribution in [0.15, 0.2) is 16.6 Å². The highest BCUT2D eigenvalue weighted by atomic mass is 79.9. The van der Waals surface area contributed by atoms with E-state index in [1.54, 1.807) is 6.07 Å². The van der Waals surface area contributed by atoms with Gasteiger partial charge in [0.25, 0.3) is 0 Å². The van der Waals surface area contributed by atoms with Gasteiger partial charge in [0.2, 0.25) is 0 Å². The molecular formula is C11H10BrNO2. The lowest BCUT2D eigenvalue weighted by Crippen LogP contribution is -2.08. The maximum absolute atomic E-state index is 11.5. The number of benzene rings is 1. The Morgan fingerprint density at radius 1 is 1.60 bits per heavy atom. The SMILES string of the molecule is CCc1cc(Br)cc(C#N)c1C(=O)OC. The first-order valence-corrected chi connectivity index (χ1v) is 5.24. The summed E-state index contributed by atoms with van der Waals surface area (Å²) < 4.78 is 5.45. The van der Waals surface area contributed by atoms with Gasteiger partial charge in [0.05, 0.1) is 18.2 Å². The molecular weight excluding hydrogens is 258 g/mol. The molecule has 0 fully saturated rings. The summed E-state index contributed by atoms with van der Waals surface area (Å²) in [6, 6.07) is 5.44. The number of carbonyl (C=O) groups is 1. The van der Waals surface area contributed by atoms with Crippen LogP contribution >= 0.6 is 15.9 Å². The van der Waals surface area contributed by atoms with Crippen molar-refractivity contribution >= 4 is 21.9 Å². The van der Waals surface area contributed by atoms with E-state index in [0.29, 0.717) is 17.5 Å². The zero-order valence-electron chi connectivity index (χ0n) is 8.50. The van der Waals surface area contributed by atoms with Crippen LogP contribution in [0.3, 0.4) is 0 Å². The fraction of sp³-hybridized carbons (Fsp3) is 0.273. The van der Waals surface area contributed by atoms with E-state index in [4.69, 9.17) is 5.26 Å². The van der Waals surface area contributed by atoms with E-state index >= 15 is 0 Å². The number of nitrogens with zero attached hydrogens (tertiary/aromatic N) is 1. The molecule has 78 valence electrons. The number of ether oxygens (including phenoxy) is 1. The first kappa shape index (κ1) is 11.7. The highest BCUT2D eigenvalue weighted by Gasteiger charge is 2.16. The predicted octanol–water partition coefficient (Wildman–Crippen LogP) is 2.67. The van der Waals surface area contributed by atoms with Crippen molar-refractivity contribution in [2.75, 3.05) is 7.11 Å². The van der Waals surface area contributed by atoms with Gasteiger partial charge in [-0.2, -0.15) is 5.26 Å². The van der Waals surface area contributed by atoms with Gasteiger partial charge in [0, 0.05) is 4.47 Å². The lowest BCUT2D eigenvalue weighted by molar-refractivity contribution is 0.0599. The minimum Gasteiger partial charge on any atom is -0.465 e. The van der Waals surface area contributed by atoms with Crippen LogP contribution in [0.5, 0.6) is 0 Å². The molecule has 0 aromatic heterocycles. The van der Waals surface area contributed by atoms with Gasteiger partial charge in [-0.3, -0.25) is 0 Å². The normalized spacial score (nSPS) is 9.47. The molecule has 0 heterocycles.